The van der Waals surface area contributed by atoms with E-state index in [4.69, 9.17) is 13.9 Å². The van der Waals surface area contributed by atoms with Gasteiger partial charge in [-0.3, -0.25) is 4.57 Å². The van der Waals surface area contributed by atoms with Crippen molar-refractivity contribution in [3.63, 3.8) is 0 Å². The van der Waals surface area contributed by atoms with Crippen LogP contribution in [0, 0.1) is 0 Å². The summed E-state index contributed by atoms with van der Waals surface area (Å²) in [5.74, 6) is 3.35. The second kappa shape index (κ2) is 7.63. The Kier molecular flexibility index (Phi) is 4.69. The zero-order valence-electron chi connectivity index (χ0n) is 15.5. The number of para-hydroxylation sites is 4. The van der Waals surface area contributed by atoms with Crippen LogP contribution in [0.5, 0.6) is 11.5 Å². The van der Waals surface area contributed by atoms with Gasteiger partial charge in [-0.05, 0) is 24.3 Å². The summed E-state index contributed by atoms with van der Waals surface area (Å²) in [6.07, 6.45) is 1.48. The van der Waals surface area contributed by atoms with Crippen molar-refractivity contribution in [1.82, 2.24) is 19.7 Å². The number of nitrogens with zero attached hydrogens (tertiary/aromatic N) is 4. The van der Waals surface area contributed by atoms with Gasteiger partial charge in [-0.25, -0.2) is 4.98 Å². The Bertz CT molecular complexity index is 1140. The molecule has 0 bridgehead atoms. The molecule has 0 fully saturated rings. The highest BCUT2D eigenvalue weighted by Gasteiger charge is 2.28. The van der Waals surface area contributed by atoms with E-state index >= 15 is 0 Å². The van der Waals surface area contributed by atoms with Gasteiger partial charge in [0.25, 0.3) is 0 Å². The summed E-state index contributed by atoms with van der Waals surface area (Å²) in [5, 5.41) is 9.49. The highest BCUT2D eigenvalue weighted by molar-refractivity contribution is 7.98. The van der Waals surface area contributed by atoms with Crippen LogP contribution in [0.2, 0.25) is 0 Å². The monoisotopic (exact) mass is 406 g/mol. The third kappa shape index (κ3) is 3.47. The standard InChI is InChI=1S/C21H18N4O3S/c1-2-11-25-20(18-12-26-16-9-5-6-10-17(16)27-18)23-24-21(25)29-13-19-22-14-7-3-4-8-15(14)28-19/h2-10,18H,1,11-13H2/t18-/m0/s1. The molecule has 7 nitrogen and oxygen atoms in total. The summed E-state index contributed by atoms with van der Waals surface area (Å²) in [4.78, 5) is 4.52. The van der Waals surface area contributed by atoms with Crippen LogP contribution < -0.4 is 9.47 Å². The molecule has 2 aromatic heterocycles. The first kappa shape index (κ1) is 17.8. The van der Waals surface area contributed by atoms with Crippen LogP contribution in [0.3, 0.4) is 0 Å². The predicted molar refractivity (Wildman–Crippen MR) is 109 cm³/mol. The molecule has 0 radical (unpaired) electrons. The molecule has 1 aliphatic heterocycles. The van der Waals surface area contributed by atoms with Crippen molar-refractivity contribution >= 4 is 22.9 Å². The predicted octanol–water partition coefficient (Wildman–Crippen LogP) is 4.41. The van der Waals surface area contributed by atoms with Crippen LogP contribution in [-0.2, 0) is 12.3 Å². The zero-order chi connectivity index (χ0) is 19.6. The van der Waals surface area contributed by atoms with E-state index < -0.39 is 0 Å². The molecule has 0 saturated carbocycles. The van der Waals surface area contributed by atoms with Crippen molar-refractivity contribution in [1.29, 1.82) is 0 Å². The Morgan fingerprint density at radius 3 is 2.79 bits per heavy atom. The Labute approximate surface area is 171 Å². The second-order valence-corrected chi connectivity index (χ2v) is 7.41. The molecule has 29 heavy (non-hydrogen) atoms. The lowest BCUT2D eigenvalue weighted by Crippen LogP contribution is -2.25. The van der Waals surface area contributed by atoms with Crippen LogP contribution in [0.1, 0.15) is 17.8 Å². The van der Waals surface area contributed by atoms with Crippen LogP contribution in [0.4, 0.5) is 0 Å². The number of oxazole rings is 1. The minimum atomic E-state index is -0.337. The lowest BCUT2D eigenvalue weighted by Gasteiger charge is -2.26. The molecule has 1 aliphatic rings. The first-order chi connectivity index (χ1) is 14.3. The van der Waals surface area contributed by atoms with E-state index in [1.54, 1.807) is 0 Å². The summed E-state index contributed by atoms with van der Waals surface area (Å²) in [6.45, 7) is 4.80. The fourth-order valence-corrected chi connectivity index (χ4v) is 4.00. The molecular formula is C21H18N4O3S. The molecule has 1 atom stereocenters. The highest BCUT2D eigenvalue weighted by Crippen LogP contribution is 2.36. The van der Waals surface area contributed by atoms with Crippen molar-refractivity contribution in [2.75, 3.05) is 6.61 Å². The van der Waals surface area contributed by atoms with Crippen LogP contribution >= 0.6 is 11.8 Å². The van der Waals surface area contributed by atoms with Crippen LogP contribution in [0.25, 0.3) is 11.1 Å². The SMILES string of the molecule is C=CCn1c(SCc2nc3ccccc3o2)nnc1[C@@H]1COc2ccccc2O1. The molecule has 0 saturated heterocycles. The van der Waals surface area contributed by atoms with Gasteiger partial charge < -0.3 is 13.9 Å². The number of rotatable bonds is 6. The molecular weight excluding hydrogens is 388 g/mol. The third-order valence-corrected chi connectivity index (χ3v) is 5.47. The number of aromatic nitrogens is 4. The largest absolute Gasteiger partial charge is 0.485 e. The number of thioether (sulfide) groups is 1. The maximum Gasteiger partial charge on any atom is 0.205 e. The highest BCUT2D eigenvalue weighted by atomic mass is 32.2. The average Bonchev–Trinajstić information content (AvgIpc) is 3.36. The van der Waals surface area contributed by atoms with Gasteiger partial charge in [-0.2, -0.15) is 0 Å². The van der Waals surface area contributed by atoms with Gasteiger partial charge in [0.05, 0.1) is 5.75 Å². The molecule has 8 heteroatoms. The summed E-state index contributed by atoms with van der Waals surface area (Å²) in [7, 11) is 0. The van der Waals surface area contributed by atoms with Crippen molar-refractivity contribution in [3.05, 3.63) is 72.9 Å². The summed E-state index contributed by atoms with van der Waals surface area (Å²) in [5.41, 5.74) is 1.63. The molecule has 2 aromatic carbocycles. The summed E-state index contributed by atoms with van der Waals surface area (Å²) >= 11 is 1.51. The maximum absolute atomic E-state index is 6.10. The van der Waals surface area contributed by atoms with Crippen LogP contribution in [0.15, 0.2) is 70.8 Å². The van der Waals surface area contributed by atoms with Crippen LogP contribution in [-0.4, -0.2) is 26.4 Å². The molecule has 0 aliphatic carbocycles. The first-order valence-electron chi connectivity index (χ1n) is 9.21. The number of hydrogen-bond donors (Lipinski definition) is 0. The Balaban J connectivity index is 1.37. The Morgan fingerprint density at radius 1 is 1.10 bits per heavy atom. The normalized spacial score (nSPS) is 15.5. The van der Waals surface area contributed by atoms with Gasteiger partial charge in [0.15, 0.2) is 34.2 Å². The lowest BCUT2D eigenvalue weighted by atomic mass is 10.2. The molecule has 3 heterocycles. The van der Waals surface area contributed by atoms with E-state index in [2.05, 4.69) is 21.8 Å². The van der Waals surface area contributed by atoms with Gasteiger partial charge in [-0.1, -0.05) is 42.1 Å². The van der Waals surface area contributed by atoms with Crippen molar-refractivity contribution in [3.8, 4) is 11.5 Å². The van der Waals surface area contributed by atoms with Crippen molar-refractivity contribution in [2.24, 2.45) is 0 Å². The lowest BCUT2D eigenvalue weighted by molar-refractivity contribution is 0.0821. The molecule has 4 aromatic rings. The second-order valence-electron chi connectivity index (χ2n) is 6.47. The fourth-order valence-electron chi connectivity index (χ4n) is 3.20. The van der Waals surface area contributed by atoms with Gasteiger partial charge >= 0.3 is 0 Å². The maximum atomic E-state index is 6.10. The number of fused-ring (bicyclic) bond motifs is 2. The van der Waals surface area contributed by atoms with E-state index in [1.165, 1.54) is 11.8 Å². The topological polar surface area (TPSA) is 75.2 Å². The minimum Gasteiger partial charge on any atom is -0.485 e. The smallest absolute Gasteiger partial charge is 0.205 e. The number of benzene rings is 2. The minimum absolute atomic E-state index is 0.337. The Morgan fingerprint density at radius 2 is 1.93 bits per heavy atom. The van der Waals surface area contributed by atoms with Crippen molar-refractivity contribution in [2.45, 2.75) is 23.6 Å². The van der Waals surface area contributed by atoms with Gasteiger partial charge in [0.1, 0.15) is 12.1 Å². The van der Waals surface area contributed by atoms with E-state index in [0.717, 1.165) is 22.0 Å². The molecule has 146 valence electrons. The van der Waals surface area contributed by atoms with Crippen molar-refractivity contribution < 1.29 is 13.9 Å². The molecule has 0 amide bonds. The first-order valence-corrected chi connectivity index (χ1v) is 10.2. The van der Waals surface area contributed by atoms with Gasteiger partial charge in [0, 0.05) is 6.54 Å². The van der Waals surface area contributed by atoms with Gasteiger partial charge in [-0.15, -0.1) is 16.8 Å². The van der Waals surface area contributed by atoms with E-state index in [1.807, 2.05) is 59.2 Å². The zero-order valence-corrected chi connectivity index (χ0v) is 16.3. The molecule has 0 unspecified atom stereocenters. The summed E-state index contributed by atoms with van der Waals surface area (Å²) < 4.78 is 19.7. The molecule has 5 rings (SSSR count). The van der Waals surface area contributed by atoms with Gasteiger partial charge in [0.2, 0.25) is 5.89 Å². The quantitative estimate of drug-likeness (QED) is 0.347. The van der Waals surface area contributed by atoms with E-state index in [-0.39, 0.29) is 6.10 Å². The summed E-state index contributed by atoms with van der Waals surface area (Å²) in [6, 6.07) is 15.3. The molecule has 0 N–H and O–H groups in total. The van der Waals surface area contributed by atoms with E-state index in [9.17, 15) is 0 Å². The number of allylic oxidation sites excluding steroid dienone is 1. The third-order valence-electron chi connectivity index (χ3n) is 4.52. The Hall–Kier alpha value is -3.26. The molecule has 0 spiro atoms. The van der Waals surface area contributed by atoms with E-state index in [0.29, 0.717) is 36.4 Å². The number of ether oxygens (including phenoxy) is 2. The fraction of sp³-hybridized carbons (Fsp3) is 0.190. The number of hydrogen-bond acceptors (Lipinski definition) is 7. The average molecular weight is 406 g/mol.